The van der Waals surface area contributed by atoms with Crippen molar-refractivity contribution in [2.75, 3.05) is 11.7 Å². The third kappa shape index (κ3) is 7.13. The zero-order chi connectivity index (χ0) is 22.1. The fourth-order valence-electron chi connectivity index (χ4n) is 2.72. The molecule has 0 aliphatic carbocycles. The van der Waals surface area contributed by atoms with E-state index in [4.69, 9.17) is 14.3 Å². The van der Waals surface area contributed by atoms with Gasteiger partial charge in [-0.25, -0.2) is 14.0 Å². The number of carbonyl (C=O) groups is 2. The molecule has 2 rings (SSSR count). The van der Waals surface area contributed by atoms with Gasteiger partial charge in [0.05, 0.1) is 18.4 Å². The van der Waals surface area contributed by atoms with Crippen LogP contribution in [-0.4, -0.2) is 36.0 Å². The molecule has 2 aromatic rings. The van der Waals surface area contributed by atoms with E-state index in [1.165, 1.54) is 24.3 Å². The third-order valence-corrected chi connectivity index (χ3v) is 3.97. The summed E-state index contributed by atoms with van der Waals surface area (Å²) in [4.78, 5) is 29.2. The Morgan fingerprint density at radius 3 is 2.37 bits per heavy atom. The van der Waals surface area contributed by atoms with Gasteiger partial charge >= 0.3 is 12.1 Å². The molecular weight excluding hydrogens is 393 g/mol. The highest BCUT2D eigenvalue weighted by molar-refractivity contribution is 5.85. The molecule has 0 fully saturated rings. The average molecular weight is 419 g/mol. The molecule has 0 saturated carbocycles. The number of amides is 1. The summed E-state index contributed by atoms with van der Waals surface area (Å²) in [5.41, 5.74) is 1.77. The maximum atomic E-state index is 13.1. The summed E-state index contributed by atoms with van der Waals surface area (Å²) < 4.78 is 23.9. The van der Waals surface area contributed by atoms with Gasteiger partial charge in [0.1, 0.15) is 12.4 Å². The van der Waals surface area contributed by atoms with E-state index in [2.05, 4.69) is 0 Å². The first kappa shape index (κ1) is 23.3. The van der Waals surface area contributed by atoms with Crippen LogP contribution in [0.1, 0.15) is 31.9 Å². The monoisotopic (exact) mass is 419 g/mol. The number of carboxylic acid groups (broad SMARTS) is 1. The summed E-state index contributed by atoms with van der Waals surface area (Å²) in [7, 11) is 0. The number of hydroxylamine groups is 1. The van der Waals surface area contributed by atoms with Crippen molar-refractivity contribution in [1.29, 1.82) is 0 Å². The van der Waals surface area contributed by atoms with Crippen LogP contribution in [0, 0.1) is 5.82 Å². The van der Waals surface area contributed by atoms with Crippen molar-refractivity contribution in [2.24, 2.45) is 0 Å². The molecule has 0 aliphatic heterocycles. The minimum Gasteiger partial charge on any atom is -0.479 e. The van der Waals surface area contributed by atoms with Crippen molar-refractivity contribution >= 4 is 17.7 Å². The van der Waals surface area contributed by atoms with Crippen LogP contribution in [0.3, 0.4) is 0 Å². The number of anilines is 1. The van der Waals surface area contributed by atoms with Crippen molar-refractivity contribution in [1.82, 2.24) is 0 Å². The summed E-state index contributed by atoms with van der Waals surface area (Å²) >= 11 is 0. The van der Waals surface area contributed by atoms with E-state index in [9.17, 15) is 19.1 Å². The third-order valence-electron chi connectivity index (χ3n) is 3.97. The lowest BCUT2D eigenvalue weighted by atomic mass is 10.0. The van der Waals surface area contributed by atoms with Crippen LogP contribution in [0.4, 0.5) is 14.9 Å². The Labute approximate surface area is 174 Å². The normalized spacial score (nSPS) is 11.9. The predicted octanol–water partition coefficient (Wildman–Crippen LogP) is 4.34. The van der Waals surface area contributed by atoms with E-state index in [1.807, 2.05) is 0 Å². The summed E-state index contributed by atoms with van der Waals surface area (Å²) in [6, 6.07) is 12.3. The van der Waals surface area contributed by atoms with Crippen LogP contribution < -0.4 is 5.06 Å². The summed E-state index contributed by atoms with van der Waals surface area (Å²) in [5.74, 6) is -1.46. The first-order valence-corrected chi connectivity index (χ1v) is 9.61. The van der Waals surface area contributed by atoms with Crippen molar-refractivity contribution in [3.63, 3.8) is 0 Å². The van der Waals surface area contributed by atoms with Gasteiger partial charge in [-0.2, -0.15) is 5.06 Å². The second-order valence-corrected chi connectivity index (χ2v) is 6.78. The SMILES string of the molecule is CCON(C(=O)OCc1cccc(CC(OC(C)C)C(=O)O)c1)c1ccc(F)cc1. The van der Waals surface area contributed by atoms with Crippen LogP contribution in [0.25, 0.3) is 0 Å². The Balaban J connectivity index is 2.03. The Bertz CT molecular complexity index is 840. The first-order chi connectivity index (χ1) is 14.3. The Hall–Kier alpha value is -2.97. The average Bonchev–Trinajstić information content (AvgIpc) is 2.70. The van der Waals surface area contributed by atoms with Crippen LogP contribution >= 0.6 is 0 Å². The van der Waals surface area contributed by atoms with Crippen molar-refractivity contribution in [2.45, 2.75) is 46.0 Å². The van der Waals surface area contributed by atoms with Gasteiger partial charge in [-0.05, 0) is 56.2 Å². The Morgan fingerprint density at radius 2 is 1.77 bits per heavy atom. The van der Waals surface area contributed by atoms with Gasteiger partial charge in [-0.15, -0.1) is 0 Å². The lowest BCUT2D eigenvalue weighted by Crippen LogP contribution is -2.31. The maximum Gasteiger partial charge on any atom is 0.439 e. The molecule has 0 spiro atoms. The van der Waals surface area contributed by atoms with E-state index >= 15 is 0 Å². The van der Waals surface area contributed by atoms with E-state index in [-0.39, 0.29) is 25.7 Å². The van der Waals surface area contributed by atoms with Crippen LogP contribution in [0.5, 0.6) is 0 Å². The number of hydrogen-bond acceptors (Lipinski definition) is 5. The second kappa shape index (κ2) is 11.3. The largest absolute Gasteiger partial charge is 0.479 e. The first-order valence-electron chi connectivity index (χ1n) is 9.61. The maximum absolute atomic E-state index is 13.1. The quantitative estimate of drug-likeness (QED) is 0.577. The second-order valence-electron chi connectivity index (χ2n) is 6.78. The fraction of sp³-hybridized carbons (Fsp3) is 0.364. The lowest BCUT2D eigenvalue weighted by molar-refractivity contribution is -0.153. The number of hydrogen-bond donors (Lipinski definition) is 1. The highest BCUT2D eigenvalue weighted by Gasteiger charge is 2.21. The molecule has 30 heavy (non-hydrogen) atoms. The molecular formula is C22H26FNO6. The minimum atomic E-state index is -1.04. The predicted molar refractivity (Wildman–Crippen MR) is 108 cm³/mol. The highest BCUT2D eigenvalue weighted by Crippen LogP contribution is 2.18. The molecule has 8 heteroatoms. The summed E-state index contributed by atoms with van der Waals surface area (Å²) in [6.07, 6.45) is -1.74. The molecule has 0 saturated heterocycles. The van der Waals surface area contributed by atoms with Gasteiger partial charge in [0.25, 0.3) is 0 Å². The number of ether oxygens (including phenoxy) is 2. The van der Waals surface area contributed by atoms with Crippen molar-refractivity contribution in [3.8, 4) is 0 Å². The number of carboxylic acids is 1. The molecule has 1 unspecified atom stereocenters. The Kier molecular flexibility index (Phi) is 8.76. The molecule has 2 aromatic carbocycles. The number of nitrogens with zero attached hydrogens (tertiary/aromatic N) is 1. The molecule has 0 heterocycles. The molecule has 0 aromatic heterocycles. The molecule has 162 valence electrons. The van der Waals surface area contributed by atoms with Gasteiger partial charge in [0.2, 0.25) is 0 Å². The zero-order valence-electron chi connectivity index (χ0n) is 17.2. The number of halogens is 1. The molecule has 1 amide bonds. The molecule has 1 N–H and O–H groups in total. The number of carbonyl (C=O) groups excluding carboxylic acids is 1. The fourth-order valence-corrected chi connectivity index (χ4v) is 2.72. The van der Waals surface area contributed by atoms with E-state index in [1.54, 1.807) is 45.0 Å². The van der Waals surface area contributed by atoms with E-state index < -0.39 is 24.0 Å². The minimum absolute atomic E-state index is 0.0415. The molecule has 1 atom stereocenters. The smallest absolute Gasteiger partial charge is 0.439 e. The highest BCUT2D eigenvalue weighted by atomic mass is 19.1. The van der Waals surface area contributed by atoms with Crippen LogP contribution in [0.2, 0.25) is 0 Å². The standard InChI is InChI=1S/C22H26FNO6/c1-4-29-24(19-10-8-18(23)9-11-19)22(27)28-14-17-7-5-6-16(12-17)13-20(21(25)26)30-15(2)3/h5-12,15,20H,4,13-14H2,1-3H3,(H,25,26). The summed E-state index contributed by atoms with van der Waals surface area (Å²) in [5, 5.41) is 10.3. The van der Waals surface area contributed by atoms with E-state index in [0.717, 1.165) is 10.6 Å². The van der Waals surface area contributed by atoms with Crippen LogP contribution in [-0.2, 0) is 32.1 Å². The zero-order valence-corrected chi connectivity index (χ0v) is 17.2. The summed E-state index contributed by atoms with van der Waals surface area (Å²) in [6.45, 7) is 5.44. The van der Waals surface area contributed by atoms with Crippen LogP contribution in [0.15, 0.2) is 48.5 Å². The number of rotatable bonds is 10. The van der Waals surface area contributed by atoms with Gasteiger partial charge in [0, 0.05) is 6.42 Å². The van der Waals surface area contributed by atoms with Crippen molar-refractivity contribution < 1.29 is 33.4 Å². The van der Waals surface area contributed by atoms with Gasteiger partial charge in [-0.1, -0.05) is 24.3 Å². The molecule has 0 bridgehead atoms. The molecule has 0 radical (unpaired) electrons. The number of aliphatic carboxylic acids is 1. The Morgan fingerprint density at radius 1 is 1.10 bits per heavy atom. The van der Waals surface area contributed by atoms with Gasteiger partial charge < -0.3 is 14.6 Å². The molecule has 0 aliphatic rings. The molecule has 7 nitrogen and oxygen atoms in total. The number of benzene rings is 2. The lowest BCUT2D eigenvalue weighted by Gasteiger charge is -2.21. The topological polar surface area (TPSA) is 85.3 Å². The van der Waals surface area contributed by atoms with E-state index in [0.29, 0.717) is 11.3 Å². The van der Waals surface area contributed by atoms with Gasteiger partial charge in [-0.3, -0.25) is 4.84 Å². The van der Waals surface area contributed by atoms with Gasteiger partial charge in [0.15, 0.2) is 6.10 Å². The van der Waals surface area contributed by atoms with Crippen molar-refractivity contribution in [3.05, 3.63) is 65.5 Å².